The number of carbonyl (C=O) groups is 1. The third kappa shape index (κ3) is 4.60. The highest BCUT2D eigenvalue weighted by Crippen LogP contribution is 2.32. The highest BCUT2D eigenvalue weighted by Gasteiger charge is 2.29. The van der Waals surface area contributed by atoms with Crippen LogP contribution in [0.25, 0.3) is 17.2 Å². The highest BCUT2D eigenvalue weighted by atomic mass is 16.5. The summed E-state index contributed by atoms with van der Waals surface area (Å²) < 4.78 is 12.5. The molecule has 2 fully saturated rings. The Morgan fingerprint density at radius 2 is 1.80 bits per heavy atom. The third-order valence-electron chi connectivity index (χ3n) is 7.20. The average Bonchev–Trinajstić information content (AvgIpc) is 3.58. The summed E-state index contributed by atoms with van der Waals surface area (Å²) in [7, 11) is 3.24. The molecule has 1 saturated carbocycles. The molecular formula is C26H32N6O3. The molecule has 5 rings (SSSR count). The summed E-state index contributed by atoms with van der Waals surface area (Å²) in [5.41, 5.74) is 2.78. The molecule has 2 aliphatic rings. The minimum Gasteiger partial charge on any atom is -0.497 e. The molecule has 0 spiro atoms. The summed E-state index contributed by atoms with van der Waals surface area (Å²) >= 11 is 0. The van der Waals surface area contributed by atoms with Crippen molar-refractivity contribution in [3.8, 4) is 28.7 Å². The van der Waals surface area contributed by atoms with Gasteiger partial charge in [-0.15, -0.1) is 0 Å². The summed E-state index contributed by atoms with van der Waals surface area (Å²) in [5, 5.41) is 4.47. The van der Waals surface area contributed by atoms with Gasteiger partial charge in [-0.2, -0.15) is 5.10 Å². The molecule has 1 saturated heterocycles. The van der Waals surface area contributed by atoms with Crippen LogP contribution in [-0.4, -0.2) is 81.9 Å². The molecular weight excluding hydrogens is 444 g/mol. The van der Waals surface area contributed by atoms with Crippen molar-refractivity contribution in [1.29, 1.82) is 0 Å². The number of piperazine rings is 1. The van der Waals surface area contributed by atoms with E-state index in [2.05, 4.69) is 15.0 Å². The molecule has 0 atom stereocenters. The maximum Gasteiger partial charge on any atom is 0.257 e. The van der Waals surface area contributed by atoms with Gasteiger partial charge in [0.05, 0.1) is 37.4 Å². The third-order valence-corrected chi connectivity index (χ3v) is 7.20. The summed E-state index contributed by atoms with van der Waals surface area (Å²) in [6.45, 7) is 5.27. The van der Waals surface area contributed by atoms with Gasteiger partial charge in [-0.25, -0.2) is 14.6 Å². The Balaban J connectivity index is 1.35. The predicted octanol–water partition coefficient (Wildman–Crippen LogP) is 3.36. The van der Waals surface area contributed by atoms with E-state index in [1.54, 1.807) is 31.3 Å². The molecule has 9 nitrogen and oxygen atoms in total. The monoisotopic (exact) mass is 476 g/mol. The standard InChI is InChI=1S/C26H32N6O3/c1-18-22(25(33)31-14-12-30(13-15-31)19-6-4-5-7-19)17-28-32(18)26-27-11-10-23(29-26)21-16-20(34-2)8-9-24(21)35-3/h8-11,16-17,19H,4-7,12-15H2,1-3H3. The molecule has 0 unspecified atom stereocenters. The highest BCUT2D eigenvalue weighted by molar-refractivity contribution is 5.95. The second kappa shape index (κ2) is 10.0. The Hall–Kier alpha value is -3.46. The summed E-state index contributed by atoms with van der Waals surface area (Å²) in [4.78, 5) is 27.0. The molecule has 1 aromatic carbocycles. The van der Waals surface area contributed by atoms with E-state index in [1.165, 1.54) is 25.7 Å². The van der Waals surface area contributed by atoms with Crippen LogP contribution in [0, 0.1) is 6.92 Å². The molecule has 3 heterocycles. The van der Waals surface area contributed by atoms with E-state index in [4.69, 9.17) is 14.5 Å². The molecule has 1 amide bonds. The Bertz CT molecular complexity index is 1200. The van der Waals surface area contributed by atoms with Gasteiger partial charge in [0.2, 0.25) is 0 Å². The molecule has 3 aromatic rings. The van der Waals surface area contributed by atoms with Crippen molar-refractivity contribution in [3.63, 3.8) is 0 Å². The first-order valence-corrected chi connectivity index (χ1v) is 12.2. The number of nitrogens with zero attached hydrogens (tertiary/aromatic N) is 6. The van der Waals surface area contributed by atoms with Crippen molar-refractivity contribution < 1.29 is 14.3 Å². The molecule has 0 radical (unpaired) electrons. The number of aromatic nitrogens is 4. The average molecular weight is 477 g/mol. The molecule has 1 aliphatic heterocycles. The topological polar surface area (TPSA) is 85.6 Å². The van der Waals surface area contributed by atoms with Crippen LogP contribution in [0.5, 0.6) is 11.5 Å². The summed E-state index contributed by atoms with van der Waals surface area (Å²) in [5.74, 6) is 1.80. The summed E-state index contributed by atoms with van der Waals surface area (Å²) in [6.07, 6.45) is 8.55. The minimum atomic E-state index is 0.0189. The fourth-order valence-electron chi connectivity index (χ4n) is 5.17. The molecule has 184 valence electrons. The zero-order valence-electron chi connectivity index (χ0n) is 20.6. The lowest BCUT2D eigenvalue weighted by Crippen LogP contribution is -2.51. The van der Waals surface area contributed by atoms with E-state index >= 15 is 0 Å². The van der Waals surface area contributed by atoms with Crippen molar-refractivity contribution >= 4 is 5.91 Å². The Labute approximate surface area is 205 Å². The van der Waals surface area contributed by atoms with Crippen LogP contribution in [0.2, 0.25) is 0 Å². The van der Waals surface area contributed by atoms with Gasteiger partial charge in [0.25, 0.3) is 11.9 Å². The lowest BCUT2D eigenvalue weighted by molar-refractivity contribution is 0.0572. The zero-order valence-corrected chi connectivity index (χ0v) is 20.6. The van der Waals surface area contributed by atoms with E-state index in [0.29, 0.717) is 34.7 Å². The van der Waals surface area contributed by atoms with Crippen LogP contribution >= 0.6 is 0 Å². The van der Waals surface area contributed by atoms with Gasteiger partial charge in [-0.3, -0.25) is 9.69 Å². The first kappa shape index (κ1) is 23.3. The second-order valence-electron chi connectivity index (χ2n) is 9.13. The van der Waals surface area contributed by atoms with Gasteiger partial charge < -0.3 is 14.4 Å². The van der Waals surface area contributed by atoms with Crippen LogP contribution in [-0.2, 0) is 0 Å². The van der Waals surface area contributed by atoms with Crippen LogP contribution in [0.3, 0.4) is 0 Å². The molecule has 0 bridgehead atoms. The largest absolute Gasteiger partial charge is 0.497 e. The molecule has 35 heavy (non-hydrogen) atoms. The van der Waals surface area contributed by atoms with Crippen molar-refractivity contribution in [1.82, 2.24) is 29.5 Å². The number of rotatable bonds is 6. The molecule has 0 N–H and O–H groups in total. The van der Waals surface area contributed by atoms with Gasteiger partial charge in [-0.1, -0.05) is 12.8 Å². The number of hydrogen-bond acceptors (Lipinski definition) is 7. The fourth-order valence-corrected chi connectivity index (χ4v) is 5.17. The second-order valence-corrected chi connectivity index (χ2v) is 9.13. The van der Waals surface area contributed by atoms with Crippen molar-refractivity contribution in [2.45, 2.75) is 38.6 Å². The normalized spacial score (nSPS) is 17.1. The van der Waals surface area contributed by atoms with E-state index in [-0.39, 0.29) is 5.91 Å². The van der Waals surface area contributed by atoms with E-state index in [1.807, 2.05) is 36.1 Å². The maximum absolute atomic E-state index is 13.3. The van der Waals surface area contributed by atoms with Crippen LogP contribution in [0.15, 0.2) is 36.7 Å². The van der Waals surface area contributed by atoms with E-state index in [0.717, 1.165) is 37.4 Å². The number of carbonyl (C=O) groups excluding carboxylic acids is 1. The Morgan fingerprint density at radius 1 is 1.03 bits per heavy atom. The number of amides is 1. The predicted molar refractivity (Wildman–Crippen MR) is 132 cm³/mol. The number of benzene rings is 1. The van der Waals surface area contributed by atoms with E-state index < -0.39 is 0 Å². The molecule has 2 aromatic heterocycles. The fraction of sp³-hybridized carbons (Fsp3) is 0.462. The van der Waals surface area contributed by atoms with Gasteiger partial charge in [0.15, 0.2) is 0 Å². The number of hydrogen-bond donors (Lipinski definition) is 0. The Morgan fingerprint density at radius 3 is 2.51 bits per heavy atom. The van der Waals surface area contributed by atoms with Gasteiger partial charge in [0, 0.05) is 44.0 Å². The lowest BCUT2D eigenvalue weighted by Gasteiger charge is -2.38. The quantitative estimate of drug-likeness (QED) is 0.539. The lowest BCUT2D eigenvalue weighted by atomic mass is 10.1. The number of ether oxygens (including phenoxy) is 2. The first-order valence-electron chi connectivity index (χ1n) is 12.2. The van der Waals surface area contributed by atoms with Gasteiger partial charge in [0.1, 0.15) is 11.5 Å². The van der Waals surface area contributed by atoms with Crippen molar-refractivity contribution in [2.24, 2.45) is 0 Å². The first-order chi connectivity index (χ1) is 17.1. The van der Waals surface area contributed by atoms with Crippen LogP contribution < -0.4 is 9.47 Å². The maximum atomic E-state index is 13.3. The number of methoxy groups -OCH3 is 2. The smallest absolute Gasteiger partial charge is 0.257 e. The van der Waals surface area contributed by atoms with Crippen LogP contribution in [0.4, 0.5) is 0 Å². The van der Waals surface area contributed by atoms with Crippen LogP contribution in [0.1, 0.15) is 41.7 Å². The van der Waals surface area contributed by atoms with E-state index in [9.17, 15) is 4.79 Å². The minimum absolute atomic E-state index is 0.0189. The SMILES string of the molecule is COc1ccc(OC)c(-c2ccnc(-n3ncc(C(=O)N4CCN(C5CCCC5)CC4)c3C)n2)c1. The van der Waals surface area contributed by atoms with Crippen molar-refractivity contribution in [3.05, 3.63) is 47.9 Å². The zero-order chi connectivity index (χ0) is 24.4. The molecule has 1 aliphatic carbocycles. The Kier molecular flexibility index (Phi) is 6.68. The van der Waals surface area contributed by atoms with Gasteiger partial charge >= 0.3 is 0 Å². The summed E-state index contributed by atoms with van der Waals surface area (Å²) in [6, 6.07) is 8.08. The van der Waals surface area contributed by atoms with Crippen molar-refractivity contribution in [2.75, 3.05) is 40.4 Å². The van der Waals surface area contributed by atoms with Gasteiger partial charge in [-0.05, 0) is 44.0 Å². The molecule has 9 heteroatoms.